The third-order valence-electron chi connectivity index (χ3n) is 4.57. The van der Waals surface area contributed by atoms with Gasteiger partial charge in [0.05, 0.1) is 12.1 Å². The monoisotopic (exact) mass is 383 g/mol. The minimum absolute atomic E-state index is 0.115. The van der Waals surface area contributed by atoms with Crippen molar-refractivity contribution in [1.29, 1.82) is 0 Å². The number of rotatable bonds is 3. The van der Waals surface area contributed by atoms with Crippen LogP contribution in [0.25, 0.3) is 0 Å². The van der Waals surface area contributed by atoms with E-state index < -0.39 is 0 Å². The fourth-order valence-corrected chi connectivity index (χ4v) is 3.65. The fraction of sp³-hybridized carbons (Fsp3) is 0.278. The van der Waals surface area contributed by atoms with Crippen LogP contribution in [0.1, 0.15) is 42.1 Å². The van der Waals surface area contributed by atoms with Crippen molar-refractivity contribution in [2.45, 2.75) is 31.8 Å². The lowest BCUT2D eigenvalue weighted by Crippen LogP contribution is -2.28. The summed E-state index contributed by atoms with van der Waals surface area (Å²) in [5, 5.41) is 15.6. The second-order valence-corrected chi connectivity index (χ2v) is 6.96. The summed E-state index contributed by atoms with van der Waals surface area (Å²) < 4.78 is 2.94. The Labute approximate surface area is 149 Å². The SMILES string of the molecule is CCc1ccc([C@H]2C[C@H](c3cccc(Br)c3)n3nnnc3N2)cc1. The van der Waals surface area contributed by atoms with Gasteiger partial charge in [0.15, 0.2) is 0 Å². The molecule has 5 nitrogen and oxygen atoms in total. The van der Waals surface area contributed by atoms with Gasteiger partial charge in [0.25, 0.3) is 0 Å². The third kappa shape index (κ3) is 2.82. The van der Waals surface area contributed by atoms with Crippen LogP contribution >= 0.6 is 15.9 Å². The van der Waals surface area contributed by atoms with Crippen molar-refractivity contribution < 1.29 is 0 Å². The van der Waals surface area contributed by atoms with Gasteiger partial charge in [0.2, 0.25) is 5.95 Å². The van der Waals surface area contributed by atoms with Crippen molar-refractivity contribution in [3.8, 4) is 0 Å². The van der Waals surface area contributed by atoms with Crippen LogP contribution < -0.4 is 5.32 Å². The Morgan fingerprint density at radius 1 is 1.17 bits per heavy atom. The lowest BCUT2D eigenvalue weighted by Gasteiger charge is -2.31. The molecule has 1 aliphatic heterocycles. The molecule has 122 valence electrons. The van der Waals surface area contributed by atoms with Crippen LogP contribution in [-0.4, -0.2) is 20.2 Å². The van der Waals surface area contributed by atoms with Gasteiger partial charge >= 0.3 is 0 Å². The van der Waals surface area contributed by atoms with E-state index in [-0.39, 0.29) is 12.1 Å². The summed E-state index contributed by atoms with van der Waals surface area (Å²) in [4.78, 5) is 0. The number of fused-ring (bicyclic) bond motifs is 1. The summed E-state index contributed by atoms with van der Waals surface area (Å²) in [6.45, 7) is 2.17. The molecule has 1 N–H and O–H groups in total. The van der Waals surface area contributed by atoms with E-state index in [1.54, 1.807) is 0 Å². The largest absolute Gasteiger partial charge is 0.346 e. The average molecular weight is 384 g/mol. The molecule has 3 aromatic rings. The molecular formula is C18H18BrN5. The van der Waals surface area contributed by atoms with Gasteiger partial charge < -0.3 is 5.32 Å². The van der Waals surface area contributed by atoms with Gasteiger partial charge in [-0.25, -0.2) is 4.68 Å². The molecule has 0 saturated heterocycles. The van der Waals surface area contributed by atoms with Gasteiger partial charge in [-0.05, 0) is 52.1 Å². The number of aryl methyl sites for hydroxylation is 1. The molecular weight excluding hydrogens is 366 g/mol. The molecule has 6 heteroatoms. The first-order valence-electron chi connectivity index (χ1n) is 8.13. The van der Waals surface area contributed by atoms with E-state index in [1.807, 2.05) is 10.7 Å². The standard InChI is InChI=1S/C18H18BrN5/c1-2-12-6-8-13(9-7-12)16-11-17(14-4-3-5-15(19)10-14)24-18(20-16)21-22-23-24/h3-10,16-17H,2,11H2,1H3,(H,20,21,23)/t16-,17-/m1/s1. The van der Waals surface area contributed by atoms with E-state index in [0.717, 1.165) is 23.3 Å². The summed E-state index contributed by atoms with van der Waals surface area (Å²) >= 11 is 3.56. The Kier molecular flexibility index (Phi) is 4.06. The predicted molar refractivity (Wildman–Crippen MR) is 96.9 cm³/mol. The van der Waals surface area contributed by atoms with Crippen molar-refractivity contribution in [1.82, 2.24) is 20.2 Å². The Bertz CT molecular complexity index is 843. The van der Waals surface area contributed by atoms with Crippen LogP contribution in [0.15, 0.2) is 53.0 Å². The number of benzene rings is 2. The van der Waals surface area contributed by atoms with Gasteiger partial charge in [-0.15, -0.1) is 0 Å². The summed E-state index contributed by atoms with van der Waals surface area (Å²) in [7, 11) is 0. The number of hydrogen-bond donors (Lipinski definition) is 1. The number of nitrogens with one attached hydrogen (secondary N) is 1. The van der Waals surface area contributed by atoms with Gasteiger partial charge in [-0.2, -0.15) is 0 Å². The summed E-state index contributed by atoms with van der Waals surface area (Å²) in [6.07, 6.45) is 1.96. The third-order valence-corrected chi connectivity index (χ3v) is 5.07. The van der Waals surface area contributed by atoms with E-state index in [9.17, 15) is 0 Å². The molecule has 4 rings (SSSR count). The highest BCUT2D eigenvalue weighted by molar-refractivity contribution is 9.10. The number of anilines is 1. The molecule has 2 heterocycles. The van der Waals surface area contributed by atoms with Crippen molar-refractivity contribution in [2.75, 3.05) is 5.32 Å². The topological polar surface area (TPSA) is 55.6 Å². The maximum Gasteiger partial charge on any atom is 0.243 e. The minimum Gasteiger partial charge on any atom is -0.346 e. The Morgan fingerprint density at radius 3 is 2.75 bits per heavy atom. The van der Waals surface area contributed by atoms with Crippen LogP contribution in [0, 0.1) is 0 Å². The van der Waals surface area contributed by atoms with E-state index in [0.29, 0.717) is 0 Å². The molecule has 0 spiro atoms. The second-order valence-electron chi connectivity index (χ2n) is 6.05. The molecule has 0 fully saturated rings. The smallest absolute Gasteiger partial charge is 0.243 e. The van der Waals surface area contributed by atoms with E-state index in [4.69, 9.17) is 0 Å². The zero-order valence-electron chi connectivity index (χ0n) is 13.4. The Hall–Kier alpha value is -2.21. The van der Waals surface area contributed by atoms with Gasteiger partial charge in [0.1, 0.15) is 0 Å². The summed E-state index contributed by atoms with van der Waals surface area (Å²) in [5.74, 6) is 0.718. The molecule has 2 atom stereocenters. The predicted octanol–water partition coefficient (Wildman–Crippen LogP) is 4.14. The lowest BCUT2D eigenvalue weighted by atomic mass is 9.93. The lowest BCUT2D eigenvalue weighted by molar-refractivity contribution is 0.423. The molecule has 0 radical (unpaired) electrons. The van der Waals surface area contributed by atoms with Crippen molar-refractivity contribution in [3.63, 3.8) is 0 Å². The molecule has 1 aliphatic rings. The first-order chi connectivity index (χ1) is 11.7. The van der Waals surface area contributed by atoms with Gasteiger partial charge in [-0.1, -0.05) is 64.4 Å². The average Bonchev–Trinajstić information content (AvgIpc) is 3.09. The molecule has 1 aromatic heterocycles. The zero-order valence-corrected chi connectivity index (χ0v) is 14.9. The van der Waals surface area contributed by atoms with E-state index in [1.165, 1.54) is 16.7 Å². The molecule has 0 amide bonds. The zero-order chi connectivity index (χ0) is 16.5. The molecule has 0 aliphatic carbocycles. The molecule has 0 unspecified atom stereocenters. The number of aromatic nitrogens is 4. The summed E-state index contributed by atoms with van der Waals surface area (Å²) in [6, 6.07) is 17.5. The molecule has 0 saturated carbocycles. The minimum atomic E-state index is 0.115. The maximum absolute atomic E-state index is 4.18. The van der Waals surface area contributed by atoms with E-state index in [2.05, 4.69) is 86.2 Å². The normalized spacial score (nSPS) is 19.6. The van der Waals surface area contributed by atoms with Crippen LogP contribution in [0.4, 0.5) is 5.95 Å². The van der Waals surface area contributed by atoms with Gasteiger partial charge in [-0.3, -0.25) is 0 Å². The molecule has 2 aromatic carbocycles. The van der Waals surface area contributed by atoms with Crippen LogP contribution in [-0.2, 0) is 6.42 Å². The Morgan fingerprint density at radius 2 is 2.00 bits per heavy atom. The number of tetrazole rings is 1. The number of nitrogens with zero attached hydrogens (tertiary/aromatic N) is 4. The summed E-state index contributed by atoms with van der Waals surface area (Å²) in [5.41, 5.74) is 3.82. The first kappa shape index (κ1) is 15.3. The van der Waals surface area contributed by atoms with Crippen molar-refractivity contribution in [3.05, 3.63) is 69.7 Å². The van der Waals surface area contributed by atoms with Crippen LogP contribution in [0.5, 0.6) is 0 Å². The Balaban J connectivity index is 1.70. The highest BCUT2D eigenvalue weighted by atomic mass is 79.9. The first-order valence-corrected chi connectivity index (χ1v) is 8.92. The fourth-order valence-electron chi connectivity index (χ4n) is 3.23. The van der Waals surface area contributed by atoms with Gasteiger partial charge in [0, 0.05) is 4.47 Å². The van der Waals surface area contributed by atoms with Crippen LogP contribution in [0.3, 0.4) is 0 Å². The highest BCUT2D eigenvalue weighted by Gasteiger charge is 2.30. The molecule has 24 heavy (non-hydrogen) atoms. The van der Waals surface area contributed by atoms with E-state index >= 15 is 0 Å². The maximum atomic E-state index is 4.18. The second kappa shape index (κ2) is 6.36. The van der Waals surface area contributed by atoms with Crippen LogP contribution in [0.2, 0.25) is 0 Å². The number of halogens is 1. The highest BCUT2D eigenvalue weighted by Crippen LogP contribution is 2.37. The van der Waals surface area contributed by atoms with Crippen molar-refractivity contribution >= 4 is 21.9 Å². The number of hydrogen-bond acceptors (Lipinski definition) is 4. The van der Waals surface area contributed by atoms with Crippen molar-refractivity contribution in [2.24, 2.45) is 0 Å². The quantitative estimate of drug-likeness (QED) is 0.737. The molecule has 0 bridgehead atoms.